The van der Waals surface area contributed by atoms with Crippen LogP contribution in [-0.4, -0.2) is 23.6 Å². The summed E-state index contributed by atoms with van der Waals surface area (Å²) in [5.74, 6) is 1.53. The number of ether oxygens (including phenoxy) is 2. The van der Waals surface area contributed by atoms with E-state index < -0.39 is 5.60 Å². The fourth-order valence-corrected chi connectivity index (χ4v) is 3.86. The second kappa shape index (κ2) is 8.96. The van der Waals surface area contributed by atoms with Gasteiger partial charge >= 0.3 is 0 Å². The molecule has 1 amide bonds. The van der Waals surface area contributed by atoms with Crippen LogP contribution in [0.3, 0.4) is 0 Å². The average molecular weight is 560 g/mol. The third-order valence-electron chi connectivity index (χ3n) is 4.78. The van der Waals surface area contributed by atoms with Gasteiger partial charge in [-0.2, -0.15) is 0 Å². The van der Waals surface area contributed by atoms with Gasteiger partial charge in [0.15, 0.2) is 11.2 Å². The second-order valence-electron chi connectivity index (χ2n) is 7.57. The number of rotatable bonds is 6. The third-order valence-corrected chi connectivity index (χ3v) is 5.93. The van der Waals surface area contributed by atoms with Crippen LogP contribution < -0.4 is 14.8 Å². The number of fused-ring (bicyclic) bond motifs is 1. The van der Waals surface area contributed by atoms with Gasteiger partial charge in [0.25, 0.3) is 5.91 Å². The van der Waals surface area contributed by atoms with Crippen molar-refractivity contribution in [1.82, 2.24) is 4.98 Å². The number of nitrogens with one attached hydrogen (secondary N) is 1. The van der Waals surface area contributed by atoms with Crippen LogP contribution in [0.1, 0.15) is 13.8 Å². The van der Waals surface area contributed by atoms with Crippen molar-refractivity contribution in [1.29, 1.82) is 0 Å². The van der Waals surface area contributed by atoms with Crippen LogP contribution in [-0.2, 0) is 4.79 Å². The fraction of sp³-hybridized carbons (Fsp3) is 0.167. The molecule has 0 spiro atoms. The van der Waals surface area contributed by atoms with Crippen LogP contribution in [0.2, 0.25) is 0 Å². The predicted octanol–water partition coefficient (Wildman–Crippen LogP) is 6.82. The topological polar surface area (TPSA) is 73.6 Å². The quantitative estimate of drug-likeness (QED) is 0.280. The summed E-state index contributed by atoms with van der Waals surface area (Å²) in [6.07, 6.45) is 0. The highest BCUT2D eigenvalue weighted by Gasteiger charge is 2.30. The molecular formula is C24H20Br2N2O4. The zero-order chi connectivity index (χ0) is 22.9. The molecule has 4 rings (SSSR count). The van der Waals surface area contributed by atoms with Gasteiger partial charge in [-0.15, -0.1) is 0 Å². The van der Waals surface area contributed by atoms with E-state index in [-0.39, 0.29) is 5.91 Å². The van der Waals surface area contributed by atoms with Crippen molar-refractivity contribution < 1.29 is 18.7 Å². The smallest absolute Gasteiger partial charge is 0.267 e. The van der Waals surface area contributed by atoms with Crippen LogP contribution in [0.15, 0.2) is 74.0 Å². The minimum atomic E-state index is -1.08. The molecule has 0 saturated carbocycles. The molecular weight excluding hydrogens is 540 g/mol. The number of methoxy groups -OCH3 is 1. The van der Waals surface area contributed by atoms with E-state index in [0.717, 1.165) is 20.3 Å². The Morgan fingerprint density at radius 2 is 1.78 bits per heavy atom. The Kier molecular flexibility index (Phi) is 6.26. The number of halogens is 2. The van der Waals surface area contributed by atoms with E-state index in [1.807, 2.05) is 30.3 Å². The van der Waals surface area contributed by atoms with Crippen LogP contribution in [0.5, 0.6) is 11.5 Å². The summed E-state index contributed by atoms with van der Waals surface area (Å²) >= 11 is 6.86. The number of carbonyl (C=O) groups excluding carboxylic acids is 1. The molecule has 0 fully saturated rings. The molecule has 3 aromatic carbocycles. The van der Waals surface area contributed by atoms with Crippen LogP contribution in [0.25, 0.3) is 22.6 Å². The summed E-state index contributed by atoms with van der Waals surface area (Å²) in [6, 6.07) is 18.3. The SMILES string of the molecule is COc1ccc(-c2nc3cc(NC(=O)C(C)(C)Oc4ccc(Br)cc4)ccc3o2)cc1Br. The third kappa shape index (κ3) is 4.81. The maximum Gasteiger partial charge on any atom is 0.267 e. The van der Waals surface area contributed by atoms with Gasteiger partial charge < -0.3 is 19.2 Å². The fourth-order valence-electron chi connectivity index (χ4n) is 3.05. The van der Waals surface area contributed by atoms with E-state index in [1.165, 1.54) is 0 Å². The molecule has 32 heavy (non-hydrogen) atoms. The lowest BCUT2D eigenvalue weighted by atomic mass is 10.1. The van der Waals surface area contributed by atoms with Gasteiger partial charge in [0.1, 0.15) is 17.0 Å². The van der Waals surface area contributed by atoms with Gasteiger partial charge in [-0.3, -0.25) is 4.79 Å². The number of amides is 1. The van der Waals surface area contributed by atoms with Gasteiger partial charge in [0, 0.05) is 15.7 Å². The molecule has 0 bridgehead atoms. The van der Waals surface area contributed by atoms with Crippen molar-refractivity contribution in [2.45, 2.75) is 19.4 Å². The molecule has 8 heteroatoms. The average Bonchev–Trinajstić information content (AvgIpc) is 3.18. The number of oxazole rings is 1. The van der Waals surface area contributed by atoms with Crippen molar-refractivity contribution in [3.8, 4) is 23.0 Å². The molecule has 0 atom stereocenters. The first-order chi connectivity index (χ1) is 15.2. The highest BCUT2D eigenvalue weighted by Crippen LogP contribution is 2.32. The first-order valence-corrected chi connectivity index (χ1v) is 11.3. The summed E-state index contributed by atoms with van der Waals surface area (Å²) in [7, 11) is 1.61. The molecule has 0 aliphatic carbocycles. The largest absolute Gasteiger partial charge is 0.496 e. The number of hydrogen-bond donors (Lipinski definition) is 1. The minimum absolute atomic E-state index is 0.275. The number of hydrogen-bond acceptors (Lipinski definition) is 5. The molecule has 1 heterocycles. The molecule has 0 aliphatic rings. The van der Waals surface area contributed by atoms with Crippen LogP contribution in [0.4, 0.5) is 5.69 Å². The lowest BCUT2D eigenvalue weighted by Crippen LogP contribution is -2.42. The summed E-state index contributed by atoms with van der Waals surface area (Å²) in [6.45, 7) is 3.44. The van der Waals surface area contributed by atoms with E-state index in [2.05, 4.69) is 42.2 Å². The van der Waals surface area contributed by atoms with E-state index in [1.54, 1.807) is 51.3 Å². The number of carbonyl (C=O) groups is 1. The molecule has 0 aliphatic heterocycles. The number of anilines is 1. The van der Waals surface area contributed by atoms with Gasteiger partial charge in [-0.05, 0) is 90.4 Å². The molecule has 1 N–H and O–H groups in total. The maximum absolute atomic E-state index is 12.9. The predicted molar refractivity (Wildman–Crippen MR) is 131 cm³/mol. The molecule has 1 aromatic heterocycles. The zero-order valence-corrected chi connectivity index (χ0v) is 20.8. The number of benzene rings is 3. The Morgan fingerprint density at radius 1 is 1.03 bits per heavy atom. The highest BCUT2D eigenvalue weighted by atomic mass is 79.9. The Balaban J connectivity index is 1.53. The molecule has 164 valence electrons. The van der Waals surface area contributed by atoms with E-state index in [9.17, 15) is 4.79 Å². The van der Waals surface area contributed by atoms with Crippen molar-refractivity contribution in [2.24, 2.45) is 0 Å². The molecule has 0 radical (unpaired) electrons. The Hall–Kier alpha value is -2.84. The standard InChI is InChI=1S/C24H20Br2N2O4/c1-24(2,32-17-8-5-15(25)6-9-17)23(29)27-16-7-11-21-19(13-16)28-22(31-21)14-4-10-20(30-3)18(26)12-14/h4-13H,1-3H3,(H,27,29). The van der Waals surface area contributed by atoms with Crippen LogP contribution in [0, 0.1) is 0 Å². The lowest BCUT2D eigenvalue weighted by molar-refractivity contribution is -0.128. The Bertz CT molecular complexity index is 1280. The second-order valence-corrected chi connectivity index (χ2v) is 9.34. The summed E-state index contributed by atoms with van der Waals surface area (Å²) in [4.78, 5) is 17.4. The zero-order valence-electron chi connectivity index (χ0n) is 17.6. The van der Waals surface area contributed by atoms with Crippen LogP contribution >= 0.6 is 31.9 Å². The van der Waals surface area contributed by atoms with Crippen molar-refractivity contribution in [3.63, 3.8) is 0 Å². The Labute approximate surface area is 202 Å². The van der Waals surface area contributed by atoms with Gasteiger partial charge in [-0.25, -0.2) is 4.98 Å². The lowest BCUT2D eigenvalue weighted by Gasteiger charge is -2.25. The van der Waals surface area contributed by atoms with Gasteiger partial charge in [-0.1, -0.05) is 15.9 Å². The first kappa shape index (κ1) is 22.4. The first-order valence-electron chi connectivity index (χ1n) is 9.76. The molecule has 0 saturated heterocycles. The van der Waals surface area contributed by atoms with Crippen molar-refractivity contribution >= 4 is 54.6 Å². The highest BCUT2D eigenvalue weighted by molar-refractivity contribution is 9.10. The molecule has 6 nitrogen and oxygen atoms in total. The monoisotopic (exact) mass is 558 g/mol. The minimum Gasteiger partial charge on any atom is -0.496 e. The van der Waals surface area contributed by atoms with E-state index in [0.29, 0.717) is 28.4 Å². The number of aromatic nitrogens is 1. The van der Waals surface area contributed by atoms with E-state index in [4.69, 9.17) is 13.9 Å². The van der Waals surface area contributed by atoms with Crippen molar-refractivity contribution in [2.75, 3.05) is 12.4 Å². The molecule has 4 aromatic rings. The normalized spacial score (nSPS) is 11.4. The Morgan fingerprint density at radius 3 is 2.47 bits per heavy atom. The van der Waals surface area contributed by atoms with E-state index >= 15 is 0 Å². The summed E-state index contributed by atoms with van der Waals surface area (Å²) < 4.78 is 18.8. The summed E-state index contributed by atoms with van der Waals surface area (Å²) in [5, 5.41) is 2.90. The maximum atomic E-state index is 12.9. The number of nitrogens with zero attached hydrogens (tertiary/aromatic N) is 1. The summed E-state index contributed by atoms with van der Waals surface area (Å²) in [5.41, 5.74) is 1.59. The molecule has 0 unspecified atom stereocenters. The van der Waals surface area contributed by atoms with Crippen molar-refractivity contribution in [3.05, 3.63) is 69.6 Å². The van der Waals surface area contributed by atoms with Gasteiger partial charge in [0.05, 0.1) is 11.6 Å². The van der Waals surface area contributed by atoms with Gasteiger partial charge in [0.2, 0.25) is 5.89 Å².